The molecule has 5 aliphatic carbocycles. The number of nitro groups is 1. The van der Waals surface area contributed by atoms with Crippen molar-refractivity contribution < 1.29 is 31.4 Å². The zero-order valence-corrected chi connectivity index (χ0v) is 84.5. The van der Waals surface area contributed by atoms with E-state index in [1.165, 1.54) is 124 Å². The van der Waals surface area contributed by atoms with Crippen LogP contribution in [0.5, 0.6) is 0 Å². The summed E-state index contributed by atoms with van der Waals surface area (Å²) < 4.78 is 55.9. The Hall–Kier alpha value is -16.5. The van der Waals surface area contributed by atoms with Crippen LogP contribution in [0.3, 0.4) is 0 Å². The van der Waals surface area contributed by atoms with Crippen molar-refractivity contribution in [3.05, 3.63) is 478 Å². The second-order valence-corrected chi connectivity index (χ2v) is 41.0. The number of imidazole rings is 5. The summed E-state index contributed by atoms with van der Waals surface area (Å²) in [5.41, 5.74) is 35.4. The number of halogens is 3. The van der Waals surface area contributed by atoms with Crippen molar-refractivity contribution in [2.24, 2.45) is 25.0 Å². The predicted octanol–water partition coefficient (Wildman–Crippen LogP) is 29.3. The molecule has 0 spiro atoms. The van der Waals surface area contributed by atoms with E-state index in [2.05, 4.69) is 241 Å². The lowest BCUT2D eigenvalue weighted by Crippen LogP contribution is -2.10. The fourth-order valence-corrected chi connectivity index (χ4v) is 22.3. The zero-order valence-electron chi connectivity index (χ0n) is 80.7. The maximum absolute atomic E-state index is 14.8. The molecule has 726 valence electrons. The minimum Gasteiger partial charge on any atom is -0.463 e. The summed E-state index contributed by atoms with van der Waals surface area (Å²) in [6.07, 6.45) is 30.1. The molecule has 0 N–H and O–H groups in total. The number of fused-ring (bicyclic) bond motifs is 15. The highest BCUT2D eigenvalue weighted by molar-refractivity contribution is 14.1. The number of nitro benzene ring substituents is 1. The molecule has 0 radical (unpaired) electrons. The van der Waals surface area contributed by atoms with Gasteiger partial charge in [-0.1, -0.05) is 137 Å². The van der Waals surface area contributed by atoms with Crippen LogP contribution in [-0.4, -0.2) is 81.2 Å². The van der Waals surface area contributed by atoms with Crippen molar-refractivity contribution in [3.8, 4) is 85.7 Å². The summed E-state index contributed by atoms with van der Waals surface area (Å²) in [6, 6.07) is 93.0. The molecule has 5 fully saturated rings. The molecule has 5 aliphatic heterocycles. The normalized spacial score (nSPS) is 16.3. The molecule has 10 aromatic heterocycles. The van der Waals surface area contributed by atoms with E-state index in [1.807, 2.05) is 122 Å². The van der Waals surface area contributed by atoms with Gasteiger partial charge in [-0.25, -0.2) is 29.3 Å². The number of benzene rings is 10. The Morgan fingerprint density at radius 3 is 1.01 bits per heavy atom. The SMILES string of the molecule is Brc1ccccc1C1=NCc2c(-c3ccco3)ncn2-c2ccc(C3CC3)cc21.C[C@H]1N=C(c2ccccc2)c2cc(C3CC3)ccc2-n2cnc(-c3ccco3)c21.C[C@H]1N=C(c2ccccc2F)c2cc(C3CC3)ccc2-n2cnc(-c3ccco3)c21.Ic1ccccc1C1=NCc2c(-c3ccco3)ncn2-c2ccc(C3CC3)cc21.O=[N+]([O-])c1ccccc1C1=NCc2c(-c3ccco3)ncn2-c2ccc(C3CC3)cc21. The Balaban J connectivity index is 0.0000000936. The molecular weight excluding hydrogens is 2030 g/mol. The Morgan fingerprint density at radius 2 is 0.635 bits per heavy atom. The molecule has 26 heteroatoms. The van der Waals surface area contributed by atoms with Gasteiger partial charge in [-0.2, -0.15) is 0 Å². The van der Waals surface area contributed by atoms with Crippen molar-refractivity contribution in [3.63, 3.8) is 0 Å². The van der Waals surface area contributed by atoms with E-state index in [-0.39, 0.29) is 28.5 Å². The van der Waals surface area contributed by atoms with Gasteiger partial charge in [0.05, 0.1) is 159 Å². The van der Waals surface area contributed by atoms with Crippen LogP contribution in [0, 0.1) is 19.5 Å². The van der Waals surface area contributed by atoms with Gasteiger partial charge in [0, 0.05) is 64.2 Å². The Bertz CT molecular complexity index is 8480. The van der Waals surface area contributed by atoms with Gasteiger partial charge in [0.15, 0.2) is 28.8 Å². The maximum atomic E-state index is 14.8. The molecule has 2 atom stereocenters. The third-order valence-electron chi connectivity index (χ3n) is 29.3. The number of hydrogen-bond acceptors (Lipinski definition) is 17. The van der Waals surface area contributed by atoms with E-state index < -0.39 is 0 Å². The summed E-state index contributed by atoms with van der Waals surface area (Å²) in [7, 11) is 0. The van der Waals surface area contributed by atoms with Crippen LogP contribution in [0.1, 0.15) is 232 Å². The number of hydrogen-bond donors (Lipinski definition) is 0. The van der Waals surface area contributed by atoms with Crippen LogP contribution >= 0.6 is 38.5 Å². The molecular formula is C122H95BrFIN16O7. The molecule has 10 aromatic carbocycles. The van der Waals surface area contributed by atoms with Gasteiger partial charge in [0.1, 0.15) is 65.9 Å². The lowest BCUT2D eigenvalue weighted by atomic mass is 9.96. The topological polar surface area (TPSA) is 260 Å². The molecule has 0 saturated heterocycles. The van der Waals surface area contributed by atoms with Gasteiger partial charge >= 0.3 is 0 Å². The first-order chi connectivity index (χ1) is 72.8. The predicted molar refractivity (Wildman–Crippen MR) is 582 cm³/mol. The minimum absolute atomic E-state index is 0.0513. The number of nitrogens with zero attached hydrogens (tertiary/aromatic N) is 16. The van der Waals surface area contributed by atoms with Crippen LogP contribution in [0.25, 0.3) is 85.7 Å². The molecule has 0 unspecified atom stereocenters. The van der Waals surface area contributed by atoms with Gasteiger partial charge < -0.3 is 22.1 Å². The van der Waals surface area contributed by atoms with E-state index in [9.17, 15) is 14.5 Å². The fraction of sp³-hybridized carbons (Fsp3) is 0.180. The van der Waals surface area contributed by atoms with E-state index in [4.69, 9.17) is 52.0 Å². The van der Waals surface area contributed by atoms with E-state index >= 15 is 0 Å². The highest BCUT2D eigenvalue weighted by Gasteiger charge is 2.38. The standard InChI is InChI=1S/C25H20FN3O.C25H21N3O.C24H18BrN3O.C24H18IN3O.C24H18N4O3/c1-15-25-24(22-7-4-12-30-22)27-14-29(25)21-11-10-17(16-8-9-16)13-19(21)23(28-15)18-5-2-3-6-20(18)26;1-16-25-24(22-8-5-13-29-22)26-15-28(25)21-12-11-19(17-9-10-17)14-20(21)23(27-16)18-6-3-2-4-7-18;2*25-19-5-2-1-4-17(19)23-18-12-16(15-7-8-15)9-10-20(18)28-14-27-24(21(28)13-26-23)22-6-3-11-29-22;29-28(30)20-5-2-1-4-17(20)23-18-12-16(15-7-8-15)9-10-19(18)27-14-26-24(21(27)13-25-23)22-6-3-11-31-22/h2-7,10-16H,8-9H2,1H3;2-8,11-17H,9-10H2,1H3;2*1-6,9-12,14-15H,7-8,13H2;1-6,9-12,14-15H,7-8,13H2/t15-;16-;;;/m11.../s1. The highest BCUT2D eigenvalue weighted by Crippen LogP contribution is 2.50. The monoisotopic (exact) mass is 2120 g/mol. The lowest BCUT2D eigenvalue weighted by Gasteiger charge is -2.14. The Morgan fingerprint density at radius 1 is 0.324 bits per heavy atom. The minimum atomic E-state index is -0.344. The molecule has 10 aliphatic rings. The highest BCUT2D eigenvalue weighted by atomic mass is 127. The average Bonchev–Trinajstić information content (AvgIpc) is 1.63. The number of aromatic nitrogens is 10. The smallest absolute Gasteiger partial charge is 0.278 e. The van der Waals surface area contributed by atoms with Gasteiger partial charge in [0.2, 0.25) is 0 Å². The summed E-state index contributed by atoms with van der Waals surface area (Å²) in [6.45, 7) is 5.60. The third-order valence-corrected chi connectivity index (χ3v) is 30.9. The van der Waals surface area contributed by atoms with E-state index in [1.54, 1.807) is 61.9 Å². The Labute approximate surface area is 873 Å². The largest absolute Gasteiger partial charge is 0.463 e. The summed E-state index contributed by atoms with van der Waals surface area (Å²) >= 11 is 6.13. The van der Waals surface area contributed by atoms with Crippen LogP contribution < -0.4 is 0 Å². The second kappa shape index (κ2) is 38.5. The fourth-order valence-electron chi connectivity index (χ4n) is 21.2. The molecule has 5 saturated carbocycles. The second-order valence-electron chi connectivity index (χ2n) is 38.9. The number of rotatable bonds is 16. The molecule has 30 rings (SSSR count). The Kier molecular flexibility index (Phi) is 23.8. The average molecular weight is 2120 g/mol. The first-order valence-corrected chi connectivity index (χ1v) is 52.3. The first-order valence-electron chi connectivity index (χ1n) is 50.4. The van der Waals surface area contributed by atoms with Crippen LogP contribution in [0.2, 0.25) is 0 Å². The molecule has 20 aromatic rings. The van der Waals surface area contributed by atoms with Crippen LogP contribution in [0.4, 0.5) is 10.1 Å². The van der Waals surface area contributed by atoms with Gasteiger partial charge in [0.25, 0.3) is 5.69 Å². The number of furan rings is 5. The zero-order chi connectivity index (χ0) is 99.3. The van der Waals surface area contributed by atoms with Crippen molar-refractivity contribution in [2.45, 2.75) is 139 Å². The van der Waals surface area contributed by atoms with Crippen molar-refractivity contribution in [1.82, 2.24) is 47.8 Å². The third kappa shape index (κ3) is 17.4. The van der Waals surface area contributed by atoms with Crippen molar-refractivity contribution in [1.29, 1.82) is 0 Å². The molecule has 148 heavy (non-hydrogen) atoms. The van der Waals surface area contributed by atoms with Gasteiger partial charge in [-0.05, 0) is 310 Å². The summed E-state index contributed by atoms with van der Waals surface area (Å²) in [4.78, 5) is 60.0. The van der Waals surface area contributed by atoms with E-state index in [0.29, 0.717) is 83.3 Å². The molecule has 15 heterocycles. The van der Waals surface area contributed by atoms with Crippen molar-refractivity contribution >= 4 is 72.8 Å². The number of aliphatic imine (C=N–C) groups is 5. The van der Waals surface area contributed by atoms with Crippen LogP contribution in [0.15, 0.2) is 394 Å². The first kappa shape index (κ1) is 91.5. The quantitative estimate of drug-likeness (QED) is 0.0497. The maximum Gasteiger partial charge on any atom is 0.278 e. The summed E-state index contributed by atoms with van der Waals surface area (Å²) in [5, 5.41) is 11.7. The molecule has 0 amide bonds. The molecule has 23 nitrogen and oxygen atoms in total. The number of para-hydroxylation sites is 1. The molecule has 0 bridgehead atoms. The van der Waals surface area contributed by atoms with E-state index in [0.717, 1.165) is 152 Å². The lowest BCUT2D eigenvalue weighted by molar-refractivity contribution is -0.385. The van der Waals surface area contributed by atoms with Crippen molar-refractivity contribution in [2.75, 3.05) is 0 Å². The van der Waals surface area contributed by atoms with Gasteiger partial charge in [-0.15, -0.1) is 0 Å². The van der Waals surface area contributed by atoms with Crippen LogP contribution in [-0.2, 0) is 19.6 Å². The summed E-state index contributed by atoms with van der Waals surface area (Å²) in [5.74, 6) is 6.68. The van der Waals surface area contributed by atoms with Gasteiger partial charge in [-0.3, -0.25) is 57.9 Å².